The Bertz CT molecular complexity index is 610. The first-order valence-electron chi connectivity index (χ1n) is 5.91. The fourth-order valence-electron chi connectivity index (χ4n) is 1.84. The van der Waals surface area contributed by atoms with Crippen LogP contribution in [-0.4, -0.2) is 33.7 Å². The van der Waals surface area contributed by atoms with Gasteiger partial charge in [0.1, 0.15) is 6.61 Å². The molecule has 1 fully saturated rings. The molecule has 1 atom stereocenters. The minimum Gasteiger partial charge on any atom is -0.459 e. The minimum atomic E-state index is -3.93. The Morgan fingerprint density at radius 1 is 1.50 bits per heavy atom. The zero-order chi connectivity index (χ0) is 14.8. The average molecular weight is 384 g/mol. The number of hydrogen-bond acceptors (Lipinski definition) is 5. The highest BCUT2D eigenvalue weighted by atomic mass is 79.9. The first kappa shape index (κ1) is 15.8. The molecule has 0 aromatic heterocycles. The molecule has 20 heavy (non-hydrogen) atoms. The third-order valence-electron chi connectivity index (χ3n) is 2.85. The third kappa shape index (κ3) is 3.94. The molecule has 8 heteroatoms. The molecule has 0 bridgehead atoms. The molecular formula is C12H12BrClO5S. The van der Waals surface area contributed by atoms with Gasteiger partial charge in [-0.1, -0.05) is 0 Å². The highest BCUT2D eigenvalue weighted by Crippen LogP contribution is 2.26. The van der Waals surface area contributed by atoms with E-state index in [9.17, 15) is 13.2 Å². The Hall–Kier alpha value is -0.630. The molecule has 1 heterocycles. The lowest BCUT2D eigenvalue weighted by molar-refractivity contribution is 0.0161. The van der Waals surface area contributed by atoms with Crippen LogP contribution in [-0.2, 0) is 18.5 Å². The van der Waals surface area contributed by atoms with Gasteiger partial charge in [0.2, 0.25) is 0 Å². The van der Waals surface area contributed by atoms with Crippen LogP contribution in [0.5, 0.6) is 0 Å². The average Bonchev–Trinajstić information content (AvgIpc) is 2.88. The molecule has 0 spiro atoms. The molecule has 0 radical (unpaired) electrons. The van der Waals surface area contributed by atoms with Crippen LogP contribution in [0.15, 0.2) is 27.6 Å². The lowest BCUT2D eigenvalue weighted by Gasteiger charge is -2.10. The maximum absolute atomic E-state index is 11.9. The largest absolute Gasteiger partial charge is 0.459 e. The predicted molar refractivity (Wildman–Crippen MR) is 76.4 cm³/mol. The lowest BCUT2D eigenvalue weighted by Crippen LogP contribution is -2.18. The second-order valence-corrected chi connectivity index (χ2v) is 7.71. The molecule has 0 saturated carbocycles. The number of carbonyl (C=O) groups is 1. The van der Waals surface area contributed by atoms with Gasteiger partial charge in [-0.15, -0.1) is 0 Å². The van der Waals surface area contributed by atoms with Crippen molar-refractivity contribution in [3.05, 3.63) is 28.2 Å². The number of rotatable bonds is 4. The van der Waals surface area contributed by atoms with Gasteiger partial charge < -0.3 is 9.47 Å². The molecule has 2 rings (SSSR count). The second kappa shape index (κ2) is 6.43. The molecule has 0 amide bonds. The van der Waals surface area contributed by atoms with Crippen LogP contribution >= 0.6 is 26.6 Å². The maximum atomic E-state index is 11.9. The van der Waals surface area contributed by atoms with Crippen molar-refractivity contribution in [3.63, 3.8) is 0 Å². The smallest absolute Gasteiger partial charge is 0.338 e. The van der Waals surface area contributed by atoms with Crippen LogP contribution in [0.3, 0.4) is 0 Å². The summed E-state index contributed by atoms with van der Waals surface area (Å²) in [6, 6.07) is 4.09. The third-order valence-corrected chi connectivity index (χ3v) is 5.17. The maximum Gasteiger partial charge on any atom is 0.338 e. The van der Waals surface area contributed by atoms with Crippen molar-refractivity contribution >= 4 is 41.6 Å². The lowest BCUT2D eigenvalue weighted by atomic mass is 10.2. The Morgan fingerprint density at radius 3 is 2.85 bits per heavy atom. The molecule has 1 aliphatic heterocycles. The first-order valence-corrected chi connectivity index (χ1v) is 9.01. The number of benzene rings is 1. The van der Waals surface area contributed by atoms with Crippen molar-refractivity contribution in [1.29, 1.82) is 0 Å². The van der Waals surface area contributed by atoms with E-state index in [1.807, 2.05) is 0 Å². The number of halogens is 2. The summed E-state index contributed by atoms with van der Waals surface area (Å²) in [5, 5.41) is 0. The van der Waals surface area contributed by atoms with Gasteiger partial charge in [0.05, 0.1) is 16.6 Å². The molecular weight excluding hydrogens is 372 g/mol. The standard InChI is InChI=1S/C12H12BrClO5S/c13-10-4-3-8(6-11(10)20(14,16)17)12(15)19-7-9-2-1-5-18-9/h3-4,6,9H,1-2,5,7H2. The van der Waals surface area contributed by atoms with Gasteiger partial charge in [-0.2, -0.15) is 0 Å². The Morgan fingerprint density at radius 2 is 2.25 bits per heavy atom. The van der Waals surface area contributed by atoms with Crippen LogP contribution in [0.1, 0.15) is 23.2 Å². The van der Waals surface area contributed by atoms with Gasteiger partial charge in [-0.05, 0) is 47.0 Å². The predicted octanol–water partition coefficient (Wildman–Crippen LogP) is 2.71. The fraction of sp³-hybridized carbons (Fsp3) is 0.417. The second-order valence-electron chi connectivity index (χ2n) is 4.32. The summed E-state index contributed by atoms with van der Waals surface area (Å²) in [7, 11) is 1.36. The monoisotopic (exact) mass is 382 g/mol. The van der Waals surface area contributed by atoms with Crippen LogP contribution in [0.25, 0.3) is 0 Å². The van der Waals surface area contributed by atoms with E-state index in [0.29, 0.717) is 11.1 Å². The topological polar surface area (TPSA) is 69.7 Å². The van der Waals surface area contributed by atoms with Crippen LogP contribution < -0.4 is 0 Å². The number of hydrogen-bond donors (Lipinski definition) is 0. The summed E-state index contributed by atoms with van der Waals surface area (Å²) in [4.78, 5) is 11.7. The summed E-state index contributed by atoms with van der Waals surface area (Å²) < 4.78 is 33.4. The van der Waals surface area contributed by atoms with Crippen molar-refractivity contribution in [1.82, 2.24) is 0 Å². The Kier molecular flexibility index (Phi) is 5.06. The Labute approximate surface area is 129 Å². The molecule has 1 unspecified atom stereocenters. The summed E-state index contributed by atoms with van der Waals surface area (Å²) in [6.07, 6.45) is 1.73. The zero-order valence-electron chi connectivity index (χ0n) is 10.3. The molecule has 1 aromatic carbocycles. The quantitative estimate of drug-likeness (QED) is 0.590. The highest BCUT2D eigenvalue weighted by molar-refractivity contribution is 9.10. The van der Waals surface area contributed by atoms with Gasteiger partial charge in [0.15, 0.2) is 0 Å². The van der Waals surface area contributed by atoms with Crippen molar-refractivity contribution < 1.29 is 22.7 Å². The molecule has 0 aliphatic carbocycles. The zero-order valence-corrected chi connectivity index (χ0v) is 13.5. The van der Waals surface area contributed by atoms with E-state index < -0.39 is 15.0 Å². The summed E-state index contributed by atoms with van der Waals surface area (Å²) >= 11 is 3.07. The van der Waals surface area contributed by atoms with Gasteiger partial charge in [0, 0.05) is 21.8 Å². The first-order chi connectivity index (χ1) is 9.38. The number of esters is 1. The minimum absolute atomic E-state index is 0.0781. The molecule has 110 valence electrons. The molecule has 0 N–H and O–H groups in total. The van der Waals surface area contributed by atoms with Crippen LogP contribution in [0.4, 0.5) is 0 Å². The van der Waals surface area contributed by atoms with Crippen molar-refractivity contribution in [2.45, 2.75) is 23.8 Å². The van der Waals surface area contributed by atoms with E-state index in [-0.39, 0.29) is 23.2 Å². The van der Waals surface area contributed by atoms with Crippen LogP contribution in [0.2, 0.25) is 0 Å². The summed E-state index contributed by atoms with van der Waals surface area (Å²) in [5.74, 6) is -0.602. The van der Waals surface area contributed by atoms with Crippen molar-refractivity contribution in [3.8, 4) is 0 Å². The van der Waals surface area contributed by atoms with E-state index in [4.69, 9.17) is 20.2 Å². The van der Waals surface area contributed by atoms with E-state index in [0.717, 1.165) is 12.8 Å². The molecule has 1 saturated heterocycles. The molecule has 5 nitrogen and oxygen atoms in total. The van der Waals surface area contributed by atoms with E-state index in [1.165, 1.54) is 18.2 Å². The SMILES string of the molecule is O=C(OCC1CCCO1)c1ccc(Br)c(S(=O)(=O)Cl)c1. The number of ether oxygens (including phenoxy) is 2. The fourth-order valence-corrected chi connectivity index (χ4v) is 3.96. The van der Waals surface area contributed by atoms with E-state index in [1.54, 1.807) is 0 Å². The van der Waals surface area contributed by atoms with Gasteiger partial charge in [-0.3, -0.25) is 0 Å². The van der Waals surface area contributed by atoms with E-state index >= 15 is 0 Å². The van der Waals surface area contributed by atoms with Crippen molar-refractivity contribution in [2.24, 2.45) is 0 Å². The van der Waals surface area contributed by atoms with E-state index in [2.05, 4.69) is 15.9 Å². The van der Waals surface area contributed by atoms with Crippen LogP contribution in [0, 0.1) is 0 Å². The summed E-state index contributed by atoms with van der Waals surface area (Å²) in [5.41, 5.74) is 0.130. The van der Waals surface area contributed by atoms with Gasteiger partial charge in [-0.25, -0.2) is 13.2 Å². The van der Waals surface area contributed by atoms with Gasteiger partial charge in [0.25, 0.3) is 9.05 Å². The highest BCUT2D eigenvalue weighted by Gasteiger charge is 2.20. The number of carbonyl (C=O) groups excluding carboxylic acids is 1. The van der Waals surface area contributed by atoms with Gasteiger partial charge >= 0.3 is 5.97 Å². The molecule has 1 aliphatic rings. The summed E-state index contributed by atoms with van der Waals surface area (Å²) in [6.45, 7) is 0.840. The Balaban J connectivity index is 2.10. The normalized spacial score (nSPS) is 19.0. The van der Waals surface area contributed by atoms with Crippen molar-refractivity contribution in [2.75, 3.05) is 13.2 Å². The molecule has 1 aromatic rings.